The summed E-state index contributed by atoms with van der Waals surface area (Å²) in [5, 5.41) is 10.9. The number of benzene rings is 2. The van der Waals surface area contributed by atoms with Crippen LogP contribution < -0.4 is 14.2 Å². The molecule has 0 bridgehead atoms. The zero-order valence-electron chi connectivity index (χ0n) is 15.7. The van der Waals surface area contributed by atoms with E-state index in [1.807, 2.05) is 37.3 Å². The number of nitrogens with zero attached hydrogens (tertiary/aromatic N) is 1. The first-order valence-corrected chi connectivity index (χ1v) is 9.01. The summed E-state index contributed by atoms with van der Waals surface area (Å²) in [5.41, 5.74) is 0.949. The van der Waals surface area contributed by atoms with Crippen LogP contribution in [0.4, 0.5) is 5.69 Å². The van der Waals surface area contributed by atoms with E-state index in [9.17, 15) is 10.1 Å². The lowest BCUT2D eigenvalue weighted by Crippen LogP contribution is -2.12. The van der Waals surface area contributed by atoms with Gasteiger partial charge in [-0.15, -0.1) is 0 Å². The number of halogens is 1. The zero-order chi connectivity index (χ0) is 20.4. The Labute approximate surface area is 168 Å². The Morgan fingerprint density at radius 2 is 1.68 bits per heavy atom. The van der Waals surface area contributed by atoms with Crippen molar-refractivity contribution in [1.82, 2.24) is 0 Å². The average molecular weight is 408 g/mol. The normalized spacial score (nSPS) is 10.8. The highest BCUT2D eigenvalue weighted by Crippen LogP contribution is 2.29. The molecule has 0 saturated heterocycles. The molecule has 0 N–H and O–H groups in total. The highest BCUT2D eigenvalue weighted by Gasteiger charge is 2.10. The Bertz CT molecular complexity index is 824. The van der Waals surface area contributed by atoms with E-state index in [2.05, 4.69) is 0 Å². The van der Waals surface area contributed by atoms with Crippen molar-refractivity contribution < 1.29 is 23.9 Å². The molecular formula is C20H22ClNO6. The van der Waals surface area contributed by atoms with Crippen molar-refractivity contribution in [1.29, 1.82) is 0 Å². The van der Waals surface area contributed by atoms with Gasteiger partial charge >= 0.3 is 0 Å². The van der Waals surface area contributed by atoms with Gasteiger partial charge in [0.1, 0.15) is 19.0 Å². The van der Waals surface area contributed by atoms with E-state index in [1.54, 1.807) is 7.11 Å². The van der Waals surface area contributed by atoms with Crippen LogP contribution in [-0.4, -0.2) is 38.5 Å². The maximum absolute atomic E-state index is 10.7. The van der Waals surface area contributed by atoms with Crippen molar-refractivity contribution in [3.63, 3.8) is 0 Å². The molecule has 0 spiro atoms. The highest BCUT2D eigenvalue weighted by molar-refractivity contribution is 6.32. The Morgan fingerprint density at radius 1 is 1.00 bits per heavy atom. The van der Waals surface area contributed by atoms with Crippen LogP contribution in [0.3, 0.4) is 0 Å². The molecule has 0 unspecified atom stereocenters. The summed E-state index contributed by atoms with van der Waals surface area (Å²) >= 11 is 5.96. The number of hydrogen-bond acceptors (Lipinski definition) is 6. The van der Waals surface area contributed by atoms with Gasteiger partial charge in [-0.1, -0.05) is 29.8 Å². The van der Waals surface area contributed by atoms with Gasteiger partial charge in [0, 0.05) is 12.1 Å². The summed E-state index contributed by atoms with van der Waals surface area (Å²) in [5.74, 6) is 1.68. The molecule has 2 aromatic carbocycles. The van der Waals surface area contributed by atoms with Crippen molar-refractivity contribution in [3.05, 3.63) is 63.2 Å². The average Bonchev–Trinajstić information content (AvgIpc) is 2.69. The second-order valence-corrected chi connectivity index (χ2v) is 6.00. The Kier molecular flexibility index (Phi) is 8.58. The molecular weight excluding hydrogens is 386 g/mol. The number of nitro groups is 1. The van der Waals surface area contributed by atoms with Gasteiger partial charge in [0.05, 0.1) is 30.3 Å². The quantitative estimate of drug-likeness (QED) is 0.303. The van der Waals surface area contributed by atoms with Crippen molar-refractivity contribution in [2.24, 2.45) is 0 Å². The smallest absolute Gasteiger partial charge is 0.271 e. The Hall–Kier alpha value is -2.77. The number of hydrogen-bond donors (Lipinski definition) is 0. The van der Waals surface area contributed by atoms with Crippen LogP contribution >= 0.6 is 11.6 Å². The molecule has 0 aliphatic heterocycles. The summed E-state index contributed by atoms with van der Waals surface area (Å²) in [6.45, 7) is 3.27. The molecule has 0 aromatic heterocycles. The summed E-state index contributed by atoms with van der Waals surface area (Å²) in [7, 11) is 1.60. The van der Waals surface area contributed by atoms with Crippen LogP contribution in [0.5, 0.6) is 17.2 Å². The lowest BCUT2D eigenvalue weighted by molar-refractivity contribution is -0.384. The minimum atomic E-state index is -0.512. The van der Waals surface area contributed by atoms with Crippen molar-refractivity contribution in [2.75, 3.05) is 33.5 Å². The molecule has 0 saturated carbocycles. The van der Waals surface area contributed by atoms with Gasteiger partial charge < -0.3 is 18.9 Å². The number of non-ortho nitro benzene ring substituents is 1. The van der Waals surface area contributed by atoms with E-state index in [4.69, 9.17) is 30.5 Å². The van der Waals surface area contributed by atoms with Crippen molar-refractivity contribution >= 4 is 23.4 Å². The monoisotopic (exact) mass is 407 g/mol. The Morgan fingerprint density at radius 3 is 2.29 bits per heavy atom. The third-order valence-electron chi connectivity index (χ3n) is 3.64. The van der Waals surface area contributed by atoms with Gasteiger partial charge in [-0.05, 0) is 30.7 Å². The summed E-state index contributed by atoms with van der Waals surface area (Å²) < 4.78 is 21.9. The van der Waals surface area contributed by atoms with E-state index >= 15 is 0 Å². The molecule has 0 amide bonds. The van der Waals surface area contributed by atoms with Gasteiger partial charge in [0.2, 0.25) is 0 Å². The first kappa shape index (κ1) is 21.5. The number of nitro benzene ring substituents is 1. The van der Waals surface area contributed by atoms with Crippen LogP contribution in [0, 0.1) is 10.1 Å². The summed E-state index contributed by atoms with van der Waals surface area (Å²) in [4.78, 5) is 10.2. The van der Waals surface area contributed by atoms with Crippen molar-refractivity contribution in [2.45, 2.75) is 6.92 Å². The van der Waals surface area contributed by atoms with E-state index in [0.29, 0.717) is 37.1 Å². The number of ether oxygens (including phenoxy) is 4. The van der Waals surface area contributed by atoms with Crippen LogP contribution in [0.1, 0.15) is 12.5 Å². The van der Waals surface area contributed by atoms with E-state index in [-0.39, 0.29) is 17.3 Å². The molecule has 8 heteroatoms. The summed E-state index contributed by atoms with van der Waals surface area (Å²) in [6.07, 6.45) is 3.93. The first-order valence-electron chi connectivity index (χ1n) is 8.63. The maximum atomic E-state index is 10.7. The van der Waals surface area contributed by atoms with E-state index < -0.39 is 4.92 Å². The fourth-order valence-corrected chi connectivity index (χ4v) is 2.57. The number of methoxy groups -OCH3 is 1. The highest BCUT2D eigenvalue weighted by atomic mass is 35.5. The van der Waals surface area contributed by atoms with Gasteiger partial charge in [0.15, 0.2) is 11.5 Å². The molecule has 150 valence electrons. The van der Waals surface area contributed by atoms with Crippen LogP contribution in [0.25, 0.3) is 6.08 Å². The molecule has 7 nitrogen and oxygen atoms in total. The van der Waals surface area contributed by atoms with E-state index in [0.717, 1.165) is 5.56 Å². The Balaban J connectivity index is 1.69. The third-order valence-corrected chi connectivity index (χ3v) is 3.94. The molecule has 28 heavy (non-hydrogen) atoms. The molecule has 2 aromatic rings. The molecule has 0 atom stereocenters. The van der Waals surface area contributed by atoms with Gasteiger partial charge in [-0.2, -0.15) is 0 Å². The largest absolute Gasteiger partial charge is 0.493 e. The predicted octanol–water partition coefficient (Wildman–Crippen LogP) is 4.76. The molecule has 0 aliphatic rings. The van der Waals surface area contributed by atoms with Gasteiger partial charge in [-0.3, -0.25) is 10.1 Å². The fourth-order valence-electron chi connectivity index (χ4n) is 2.34. The maximum Gasteiger partial charge on any atom is 0.271 e. The second kappa shape index (κ2) is 11.2. The second-order valence-electron chi connectivity index (χ2n) is 5.59. The first-order chi connectivity index (χ1) is 13.5. The molecule has 0 heterocycles. The minimum absolute atomic E-state index is 0.0834. The van der Waals surface area contributed by atoms with Crippen LogP contribution in [0.2, 0.25) is 5.02 Å². The van der Waals surface area contributed by atoms with Crippen LogP contribution in [-0.2, 0) is 4.74 Å². The SMILES string of the molecule is CC=Cc1ccc(OCCOCCOc2ccc([N+](=O)[O-])cc2Cl)c(OC)c1. The topological polar surface area (TPSA) is 80.1 Å². The van der Waals surface area contributed by atoms with Gasteiger partial charge in [0.25, 0.3) is 5.69 Å². The van der Waals surface area contributed by atoms with Crippen molar-refractivity contribution in [3.8, 4) is 17.2 Å². The number of allylic oxidation sites excluding steroid dienone is 1. The molecule has 2 rings (SSSR count). The minimum Gasteiger partial charge on any atom is -0.493 e. The molecule has 0 fully saturated rings. The molecule has 0 aliphatic carbocycles. The standard InChI is InChI=1S/C20H22ClNO6/c1-3-4-15-5-7-19(20(13-15)25-2)28-12-10-26-9-11-27-18-8-6-16(22(23)24)14-17(18)21/h3-8,13-14H,9-12H2,1-2H3. The lowest BCUT2D eigenvalue weighted by Gasteiger charge is -2.12. The predicted molar refractivity (Wildman–Crippen MR) is 108 cm³/mol. The lowest BCUT2D eigenvalue weighted by atomic mass is 10.2. The fraction of sp³-hybridized carbons (Fsp3) is 0.300. The van der Waals surface area contributed by atoms with Crippen LogP contribution in [0.15, 0.2) is 42.5 Å². The zero-order valence-corrected chi connectivity index (χ0v) is 16.5. The molecule has 0 radical (unpaired) electrons. The summed E-state index contributed by atoms with van der Waals surface area (Å²) in [6, 6.07) is 9.75. The van der Waals surface area contributed by atoms with Gasteiger partial charge in [-0.25, -0.2) is 0 Å². The van der Waals surface area contributed by atoms with E-state index in [1.165, 1.54) is 18.2 Å². The number of rotatable bonds is 11. The third kappa shape index (κ3) is 6.44.